The van der Waals surface area contributed by atoms with Crippen LogP contribution in [0, 0.1) is 15.3 Å². The minimum Gasteiger partial charge on any atom is -0.324 e. The van der Waals surface area contributed by atoms with Gasteiger partial charge in [0.2, 0.25) is 5.91 Å². The lowest BCUT2D eigenvalue weighted by atomic mass is 10.3. The zero-order valence-corrected chi connectivity index (χ0v) is 18.3. The molecule has 3 aromatic rings. The molecule has 0 spiro atoms. The molecule has 1 heterocycles. The fraction of sp³-hybridized carbons (Fsp3) is 0.111. The average molecular weight is 465 g/mol. The third-order valence-electron chi connectivity index (χ3n) is 3.38. The standard InChI is InChI=1S/C18H13ClN4OS4/c19-12-5-7-13(8-6-12)23-18(25)28-17(22-23)27-11-16(24)21-14-3-1-2-4-15(14)26-10-9-20/h1-8H,10-11H2,(H,21,24). The second-order valence-electron chi connectivity index (χ2n) is 5.30. The molecule has 0 aliphatic heterocycles. The van der Waals surface area contributed by atoms with Crippen molar-refractivity contribution in [1.29, 1.82) is 5.26 Å². The molecule has 142 valence electrons. The van der Waals surface area contributed by atoms with E-state index in [2.05, 4.69) is 16.5 Å². The summed E-state index contributed by atoms with van der Waals surface area (Å²) < 4.78 is 2.97. The molecule has 0 aliphatic rings. The van der Waals surface area contributed by atoms with Crippen molar-refractivity contribution in [2.24, 2.45) is 0 Å². The Morgan fingerprint density at radius 1 is 1.25 bits per heavy atom. The molecule has 0 bridgehead atoms. The Bertz CT molecular complexity index is 1070. The van der Waals surface area contributed by atoms with E-state index in [1.807, 2.05) is 36.4 Å². The first-order chi connectivity index (χ1) is 13.6. The number of para-hydroxylation sites is 1. The maximum absolute atomic E-state index is 12.3. The summed E-state index contributed by atoms with van der Waals surface area (Å²) in [6.45, 7) is 0. The van der Waals surface area contributed by atoms with Crippen molar-refractivity contribution in [3.8, 4) is 11.8 Å². The van der Waals surface area contributed by atoms with Gasteiger partial charge >= 0.3 is 0 Å². The molecular weight excluding hydrogens is 452 g/mol. The highest BCUT2D eigenvalue weighted by Gasteiger charge is 2.11. The summed E-state index contributed by atoms with van der Waals surface area (Å²) in [4.78, 5) is 13.2. The van der Waals surface area contributed by atoms with Gasteiger partial charge in [0.25, 0.3) is 0 Å². The van der Waals surface area contributed by atoms with Crippen molar-refractivity contribution in [3.05, 3.63) is 57.5 Å². The van der Waals surface area contributed by atoms with E-state index in [1.54, 1.807) is 16.8 Å². The van der Waals surface area contributed by atoms with E-state index in [-0.39, 0.29) is 11.7 Å². The molecule has 0 saturated carbocycles. The number of hydrogen-bond donors (Lipinski definition) is 1. The molecule has 0 atom stereocenters. The van der Waals surface area contributed by atoms with Gasteiger partial charge in [-0.05, 0) is 48.6 Å². The van der Waals surface area contributed by atoms with Crippen molar-refractivity contribution < 1.29 is 4.79 Å². The lowest BCUT2D eigenvalue weighted by Gasteiger charge is -2.09. The van der Waals surface area contributed by atoms with Gasteiger partial charge in [-0.1, -0.05) is 46.8 Å². The summed E-state index contributed by atoms with van der Waals surface area (Å²) in [5, 5.41) is 16.8. The molecule has 3 rings (SSSR count). The highest BCUT2D eigenvalue weighted by molar-refractivity contribution is 8.01. The summed E-state index contributed by atoms with van der Waals surface area (Å²) in [7, 11) is 0. The van der Waals surface area contributed by atoms with Crippen LogP contribution in [0.5, 0.6) is 0 Å². The third-order valence-corrected chi connectivity index (χ3v) is 6.94. The van der Waals surface area contributed by atoms with Crippen molar-refractivity contribution in [2.75, 3.05) is 16.8 Å². The summed E-state index contributed by atoms with van der Waals surface area (Å²) in [6, 6.07) is 16.7. The van der Waals surface area contributed by atoms with Crippen LogP contribution < -0.4 is 5.32 Å². The van der Waals surface area contributed by atoms with E-state index < -0.39 is 0 Å². The van der Waals surface area contributed by atoms with Gasteiger partial charge in [-0.25, -0.2) is 4.68 Å². The van der Waals surface area contributed by atoms with Crippen LogP contribution in [-0.4, -0.2) is 27.2 Å². The number of benzene rings is 2. The van der Waals surface area contributed by atoms with Crippen LogP contribution in [0.2, 0.25) is 5.02 Å². The third kappa shape index (κ3) is 5.59. The zero-order valence-electron chi connectivity index (χ0n) is 14.3. The molecule has 1 aromatic heterocycles. The molecular formula is C18H13ClN4OS4. The molecule has 0 saturated heterocycles. The van der Waals surface area contributed by atoms with E-state index in [4.69, 9.17) is 29.1 Å². The van der Waals surface area contributed by atoms with Gasteiger partial charge in [-0.2, -0.15) is 5.26 Å². The molecule has 1 amide bonds. The molecule has 5 nitrogen and oxygen atoms in total. The van der Waals surface area contributed by atoms with E-state index >= 15 is 0 Å². The molecule has 10 heteroatoms. The van der Waals surface area contributed by atoms with Gasteiger partial charge in [0, 0.05) is 9.92 Å². The summed E-state index contributed by atoms with van der Waals surface area (Å²) >= 11 is 15.4. The van der Waals surface area contributed by atoms with Crippen LogP contribution in [0.1, 0.15) is 0 Å². The lowest BCUT2D eigenvalue weighted by Crippen LogP contribution is -2.14. The summed E-state index contributed by atoms with van der Waals surface area (Å²) in [5.41, 5.74) is 1.53. The maximum Gasteiger partial charge on any atom is 0.234 e. The number of nitriles is 1. The minimum absolute atomic E-state index is 0.144. The number of hydrogen-bond acceptors (Lipinski definition) is 7. The quantitative estimate of drug-likeness (QED) is 0.359. The fourth-order valence-electron chi connectivity index (χ4n) is 2.18. The fourth-order valence-corrected chi connectivity index (χ4v) is 5.14. The molecule has 0 fully saturated rings. The topological polar surface area (TPSA) is 70.7 Å². The van der Waals surface area contributed by atoms with Crippen LogP contribution >= 0.6 is 58.7 Å². The van der Waals surface area contributed by atoms with Gasteiger partial charge in [-0.15, -0.1) is 16.9 Å². The number of carbonyl (C=O) groups is 1. The number of carbonyl (C=O) groups excluding carboxylic acids is 1. The lowest BCUT2D eigenvalue weighted by molar-refractivity contribution is -0.113. The number of thioether (sulfide) groups is 2. The minimum atomic E-state index is -0.144. The van der Waals surface area contributed by atoms with Crippen molar-refractivity contribution >= 4 is 70.3 Å². The Morgan fingerprint density at radius 2 is 2.00 bits per heavy atom. The van der Waals surface area contributed by atoms with E-state index in [1.165, 1.54) is 34.9 Å². The van der Waals surface area contributed by atoms with E-state index in [0.29, 0.717) is 24.8 Å². The maximum atomic E-state index is 12.3. The van der Waals surface area contributed by atoms with Gasteiger partial charge in [0.05, 0.1) is 28.9 Å². The summed E-state index contributed by atoms with van der Waals surface area (Å²) in [5.74, 6) is 0.391. The number of amides is 1. The average Bonchev–Trinajstić information content (AvgIpc) is 3.07. The Kier molecular flexibility index (Phi) is 7.53. The number of aromatic nitrogens is 2. The molecule has 2 aromatic carbocycles. The van der Waals surface area contributed by atoms with Crippen LogP contribution in [0.3, 0.4) is 0 Å². The van der Waals surface area contributed by atoms with Crippen molar-refractivity contribution in [1.82, 2.24) is 9.78 Å². The summed E-state index contributed by atoms with van der Waals surface area (Å²) in [6.07, 6.45) is 0. The van der Waals surface area contributed by atoms with Crippen LogP contribution in [0.15, 0.2) is 57.8 Å². The van der Waals surface area contributed by atoms with Gasteiger partial charge in [0.1, 0.15) is 0 Å². The largest absolute Gasteiger partial charge is 0.324 e. The van der Waals surface area contributed by atoms with Crippen LogP contribution in [-0.2, 0) is 4.79 Å². The first-order valence-corrected chi connectivity index (χ1v) is 11.5. The first-order valence-electron chi connectivity index (χ1n) is 7.94. The predicted molar refractivity (Wildman–Crippen MR) is 119 cm³/mol. The van der Waals surface area contributed by atoms with Crippen molar-refractivity contribution in [3.63, 3.8) is 0 Å². The number of nitrogens with zero attached hydrogens (tertiary/aromatic N) is 3. The highest BCUT2D eigenvalue weighted by Crippen LogP contribution is 2.28. The Balaban J connectivity index is 1.63. The molecule has 28 heavy (non-hydrogen) atoms. The number of rotatable bonds is 7. The Morgan fingerprint density at radius 3 is 2.75 bits per heavy atom. The smallest absolute Gasteiger partial charge is 0.234 e. The second kappa shape index (κ2) is 10.1. The Labute approximate surface area is 184 Å². The van der Waals surface area contributed by atoms with Crippen LogP contribution in [0.25, 0.3) is 5.69 Å². The molecule has 1 N–H and O–H groups in total. The van der Waals surface area contributed by atoms with E-state index in [9.17, 15) is 4.79 Å². The van der Waals surface area contributed by atoms with Gasteiger partial charge in [0.15, 0.2) is 8.29 Å². The first kappa shape index (κ1) is 20.9. The second-order valence-corrected chi connectivity index (χ2v) is 9.60. The normalized spacial score (nSPS) is 10.4. The van der Waals surface area contributed by atoms with Crippen molar-refractivity contribution in [2.45, 2.75) is 9.24 Å². The number of halogens is 1. The number of nitrogens with one attached hydrogen (secondary N) is 1. The highest BCUT2D eigenvalue weighted by atomic mass is 35.5. The number of anilines is 1. The van der Waals surface area contributed by atoms with Gasteiger partial charge < -0.3 is 5.32 Å². The van der Waals surface area contributed by atoms with Gasteiger partial charge in [-0.3, -0.25) is 4.79 Å². The molecule has 0 unspecified atom stereocenters. The predicted octanol–water partition coefficient (Wildman–Crippen LogP) is 5.66. The zero-order chi connectivity index (χ0) is 19.9. The molecule has 0 radical (unpaired) electrons. The Hall–Kier alpha value is -1.83. The van der Waals surface area contributed by atoms with E-state index in [0.717, 1.165) is 10.6 Å². The molecule has 0 aliphatic carbocycles. The SMILES string of the molecule is N#CCSc1ccccc1NC(=O)CSc1nn(-c2ccc(Cl)cc2)c(=S)s1. The monoisotopic (exact) mass is 464 g/mol. The van der Waals surface area contributed by atoms with Crippen LogP contribution in [0.4, 0.5) is 5.69 Å².